The fourth-order valence-corrected chi connectivity index (χ4v) is 2.15. The van der Waals surface area contributed by atoms with E-state index in [1.54, 1.807) is 4.90 Å². The molecule has 1 spiro atoms. The molecular weight excluding hydrogens is 208 g/mol. The average Bonchev–Trinajstić information content (AvgIpc) is 2.41. The third kappa shape index (κ3) is 2.19. The molecule has 2 fully saturated rings. The first-order chi connectivity index (χ1) is 7.30. The van der Waals surface area contributed by atoms with Crippen LogP contribution in [0.2, 0.25) is 0 Å². The summed E-state index contributed by atoms with van der Waals surface area (Å²) < 4.78 is 5.25. The molecule has 2 saturated heterocycles. The summed E-state index contributed by atoms with van der Waals surface area (Å²) in [5, 5.41) is 3.17. The summed E-state index contributed by atoms with van der Waals surface area (Å²) in [4.78, 5) is 24.4. The second kappa shape index (κ2) is 3.45. The first-order valence-electron chi connectivity index (χ1n) is 5.54. The van der Waals surface area contributed by atoms with E-state index < -0.39 is 5.60 Å². The highest BCUT2D eigenvalue weighted by Gasteiger charge is 2.50. The Hall–Kier alpha value is -1.10. The summed E-state index contributed by atoms with van der Waals surface area (Å²) in [5.41, 5.74) is -0.618. The second-order valence-corrected chi connectivity index (χ2v) is 5.69. The van der Waals surface area contributed by atoms with Crippen molar-refractivity contribution < 1.29 is 14.3 Å². The lowest BCUT2D eigenvalue weighted by atomic mass is 9.88. The maximum atomic E-state index is 11.7. The van der Waals surface area contributed by atoms with Gasteiger partial charge in [0.15, 0.2) is 0 Å². The van der Waals surface area contributed by atoms with E-state index in [0.29, 0.717) is 26.1 Å². The first kappa shape index (κ1) is 11.4. The maximum Gasteiger partial charge on any atom is 0.410 e. The molecule has 5 heteroatoms. The summed E-state index contributed by atoms with van der Waals surface area (Å²) in [6.45, 7) is 7.12. The molecule has 2 aliphatic rings. The van der Waals surface area contributed by atoms with Crippen LogP contribution in [0.1, 0.15) is 27.2 Å². The number of hydrogen-bond acceptors (Lipinski definition) is 4. The van der Waals surface area contributed by atoms with Crippen molar-refractivity contribution in [3.05, 3.63) is 0 Å². The number of ether oxygens (including phenoxy) is 1. The minimum absolute atomic E-state index is 0.159. The Balaban J connectivity index is 1.84. The summed E-state index contributed by atoms with van der Waals surface area (Å²) >= 11 is 0. The number of ketones is 1. The SMILES string of the molecule is CC(C)(C)OC(=O)N1CC2(CC(=O)CN2)C1. The monoisotopic (exact) mass is 226 g/mol. The molecule has 0 saturated carbocycles. The zero-order valence-corrected chi connectivity index (χ0v) is 10.0. The van der Waals surface area contributed by atoms with Gasteiger partial charge in [-0.15, -0.1) is 0 Å². The van der Waals surface area contributed by atoms with Crippen molar-refractivity contribution in [2.45, 2.75) is 38.3 Å². The zero-order chi connectivity index (χ0) is 12.0. The zero-order valence-electron chi connectivity index (χ0n) is 10.0. The van der Waals surface area contributed by atoms with E-state index in [2.05, 4.69) is 5.32 Å². The molecule has 1 amide bonds. The van der Waals surface area contributed by atoms with E-state index >= 15 is 0 Å². The van der Waals surface area contributed by atoms with Gasteiger partial charge < -0.3 is 15.0 Å². The molecule has 2 rings (SSSR count). The van der Waals surface area contributed by atoms with Gasteiger partial charge in [-0.2, -0.15) is 0 Å². The molecule has 5 nitrogen and oxygen atoms in total. The topological polar surface area (TPSA) is 58.6 Å². The number of rotatable bonds is 0. The van der Waals surface area contributed by atoms with Crippen molar-refractivity contribution in [1.29, 1.82) is 0 Å². The molecule has 1 N–H and O–H groups in total. The predicted molar refractivity (Wildman–Crippen MR) is 58.2 cm³/mol. The third-order valence-electron chi connectivity index (χ3n) is 2.83. The summed E-state index contributed by atoms with van der Waals surface area (Å²) in [6.07, 6.45) is 0.242. The number of carbonyl (C=O) groups is 2. The van der Waals surface area contributed by atoms with E-state index in [-0.39, 0.29) is 17.4 Å². The molecule has 0 aromatic rings. The number of nitrogens with one attached hydrogen (secondary N) is 1. The van der Waals surface area contributed by atoms with E-state index in [0.717, 1.165) is 0 Å². The summed E-state index contributed by atoms with van der Waals surface area (Å²) in [5.74, 6) is 0.226. The number of hydrogen-bond donors (Lipinski definition) is 1. The maximum absolute atomic E-state index is 11.7. The first-order valence-corrected chi connectivity index (χ1v) is 5.54. The predicted octanol–water partition coefficient (Wildman–Crippen LogP) is 0.538. The Labute approximate surface area is 95.1 Å². The average molecular weight is 226 g/mol. The Morgan fingerprint density at radius 3 is 2.50 bits per heavy atom. The minimum Gasteiger partial charge on any atom is -0.444 e. The minimum atomic E-state index is -0.460. The van der Waals surface area contributed by atoms with Gasteiger partial charge in [0.1, 0.15) is 11.4 Å². The lowest BCUT2D eigenvalue weighted by Gasteiger charge is -2.47. The van der Waals surface area contributed by atoms with E-state index in [1.807, 2.05) is 20.8 Å². The summed E-state index contributed by atoms with van der Waals surface area (Å²) in [7, 11) is 0. The number of carbonyl (C=O) groups excluding carboxylic acids is 2. The second-order valence-electron chi connectivity index (χ2n) is 5.69. The highest BCUT2D eigenvalue weighted by Crippen LogP contribution is 2.29. The highest BCUT2D eigenvalue weighted by molar-refractivity contribution is 5.85. The van der Waals surface area contributed by atoms with Crippen molar-refractivity contribution in [3.8, 4) is 0 Å². The molecule has 0 aliphatic carbocycles. The lowest BCUT2D eigenvalue weighted by Crippen LogP contribution is -2.68. The van der Waals surface area contributed by atoms with Crippen LogP contribution >= 0.6 is 0 Å². The van der Waals surface area contributed by atoms with Crippen LogP contribution in [0.3, 0.4) is 0 Å². The molecule has 0 aromatic heterocycles. The smallest absolute Gasteiger partial charge is 0.410 e. The Kier molecular flexibility index (Phi) is 2.45. The van der Waals surface area contributed by atoms with Gasteiger partial charge in [0.25, 0.3) is 0 Å². The van der Waals surface area contributed by atoms with Crippen molar-refractivity contribution in [3.63, 3.8) is 0 Å². The Morgan fingerprint density at radius 1 is 1.44 bits per heavy atom. The van der Waals surface area contributed by atoms with Crippen LogP contribution in [0, 0.1) is 0 Å². The van der Waals surface area contributed by atoms with E-state index in [4.69, 9.17) is 4.74 Å². The van der Waals surface area contributed by atoms with Crippen molar-refractivity contribution in [1.82, 2.24) is 10.2 Å². The normalized spacial score (nSPS) is 23.4. The highest BCUT2D eigenvalue weighted by atomic mass is 16.6. The third-order valence-corrected chi connectivity index (χ3v) is 2.83. The van der Waals surface area contributed by atoms with Crippen molar-refractivity contribution >= 4 is 11.9 Å². The molecule has 16 heavy (non-hydrogen) atoms. The van der Waals surface area contributed by atoms with Crippen LogP contribution in [0.15, 0.2) is 0 Å². The Morgan fingerprint density at radius 2 is 2.06 bits per heavy atom. The number of nitrogens with zero attached hydrogens (tertiary/aromatic N) is 1. The van der Waals surface area contributed by atoms with Crippen LogP contribution in [0.5, 0.6) is 0 Å². The van der Waals surface area contributed by atoms with Gasteiger partial charge in [0.05, 0.1) is 12.1 Å². The number of likely N-dealkylation sites (tertiary alicyclic amines) is 1. The van der Waals surface area contributed by atoms with Gasteiger partial charge in [0, 0.05) is 19.5 Å². The number of Topliss-reactive ketones (excluding diaryl/α,β-unsaturated/α-hetero) is 1. The van der Waals surface area contributed by atoms with Gasteiger partial charge in [-0.1, -0.05) is 0 Å². The lowest BCUT2D eigenvalue weighted by molar-refractivity contribution is -0.117. The van der Waals surface area contributed by atoms with Crippen LogP contribution < -0.4 is 5.32 Å². The van der Waals surface area contributed by atoms with Crippen LogP contribution in [0.4, 0.5) is 4.79 Å². The van der Waals surface area contributed by atoms with E-state index in [1.165, 1.54) is 0 Å². The van der Waals surface area contributed by atoms with Crippen molar-refractivity contribution in [2.75, 3.05) is 19.6 Å². The standard InChI is InChI=1S/C11H18N2O3/c1-10(2,3)16-9(15)13-6-11(7-13)4-8(14)5-12-11/h12H,4-7H2,1-3H3. The van der Waals surface area contributed by atoms with Crippen LogP contribution in [-0.2, 0) is 9.53 Å². The summed E-state index contributed by atoms with van der Waals surface area (Å²) in [6, 6.07) is 0. The molecule has 0 aromatic carbocycles. The van der Waals surface area contributed by atoms with Crippen molar-refractivity contribution in [2.24, 2.45) is 0 Å². The molecule has 0 unspecified atom stereocenters. The quantitative estimate of drug-likeness (QED) is 0.655. The van der Waals surface area contributed by atoms with Crippen LogP contribution in [-0.4, -0.2) is 47.6 Å². The molecule has 0 radical (unpaired) electrons. The van der Waals surface area contributed by atoms with Gasteiger partial charge in [-0.05, 0) is 20.8 Å². The number of amides is 1. The molecule has 0 bridgehead atoms. The largest absolute Gasteiger partial charge is 0.444 e. The van der Waals surface area contributed by atoms with Gasteiger partial charge >= 0.3 is 6.09 Å². The van der Waals surface area contributed by atoms with E-state index in [9.17, 15) is 9.59 Å². The molecule has 0 atom stereocenters. The molecule has 2 aliphatic heterocycles. The van der Waals surface area contributed by atoms with Gasteiger partial charge in [0.2, 0.25) is 0 Å². The molecule has 90 valence electrons. The molecular formula is C11H18N2O3. The van der Waals surface area contributed by atoms with Gasteiger partial charge in [-0.3, -0.25) is 4.79 Å². The Bertz CT molecular complexity index is 327. The van der Waals surface area contributed by atoms with Crippen LogP contribution in [0.25, 0.3) is 0 Å². The fraction of sp³-hybridized carbons (Fsp3) is 0.818. The molecule has 2 heterocycles. The fourth-order valence-electron chi connectivity index (χ4n) is 2.15. The van der Waals surface area contributed by atoms with Gasteiger partial charge in [-0.25, -0.2) is 4.79 Å².